The number of aliphatic hydroxyl groups is 1. The Morgan fingerprint density at radius 1 is 1.43 bits per heavy atom. The fraction of sp³-hybridized carbons (Fsp3) is 0.455. The largest absolute Gasteiger partial charge is 0.507 e. The molecule has 0 saturated carbocycles. The predicted octanol–water partition coefficient (Wildman–Crippen LogP) is 2.87. The van der Waals surface area contributed by atoms with Crippen molar-refractivity contribution < 1.29 is 10.2 Å². The van der Waals surface area contributed by atoms with Crippen LogP contribution in [0, 0.1) is 13.8 Å². The molecule has 14 heavy (non-hydrogen) atoms. The third-order valence-corrected chi connectivity index (χ3v) is 3.50. The minimum Gasteiger partial charge on any atom is -0.507 e. The van der Waals surface area contributed by atoms with Gasteiger partial charge in [-0.1, -0.05) is 6.92 Å². The molecule has 0 aliphatic heterocycles. The molecule has 1 aromatic carbocycles. The van der Waals surface area contributed by atoms with Crippen molar-refractivity contribution >= 4 is 15.9 Å². The van der Waals surface area contributed by atoms with Gasteiger partial charge in [0.25, 0.3) is 0 Å². The highest BCUT2D eigenvalue weighted by atomic mass is 79.9. The molecule has 1 aromatic rings. The Labute approximate surface area is 92.7 Å². The number of benzene rings is 1. The molecule has 0 saturated heterocycles. The quantitative estimate of drug-likeness (QED) is 0.857. The Balaban J connectivity index is 3.36. The summed E-state index contributed by atoms with van der Waals surface area (Å²) in [6.45, 7) is 5.98. The van der Waals surface area contributed by atoms with Gasteiger partial charge in [0.15, 0.2) is 0 Å². The van der Waals surface area contributed by atoms with E-state index in [1.807, 2.05) is 20.8 Å². The third kappa shape index (κ3) is 1.93. The number of phenolic OH excluding ortho intramolecular Hbond substituents is 1. The van der Waals surface area contributed by atoms with Crippen LogP contribution >= 0.6 is 15.9 Å². The van der Waals surface area contributed by atoms with Gasteiger partial charge in [-0.15, -0.1) is 0 Å². The lowest BCUT2D eigenvalue weighted by molar-refractivity contribution is 0.272. The smallest absolute Gasteiger partial charge is 0.130 e. The molecular formula is C11H15BrO2. The number of aryl methyl sites for hydroxylation is 1. The lowest BCUT2D eigenvalue weighted by Crippen LogP contribution is -2.04. The van der Waals surface area contributed by atoms with E-state index in [0.29, 0.717) is 0 Å². The highest BCUT2D eigenvalue weighted by molar-refractivity contribution is 9.10. The Morgan fingerprint density at radius 2 is 2.00 bits per heavy atom. The Kier molecular flexibility index (Phi) is 3.56. The van der Waals surface area contributed by atoms with Crippen LogP contribution in [-0.4, -0.2) is 16.8 Å². The maximum Gasteiger partial charge on any atom is 0.130 e. The van der Waals surface area contributed by atoms with Crippen LogP contribution in [0.25, 0.3) is 0 Å². The zero-order valence-corrected chi connectivity index (χ0v) is 10.2. The summed E-state index contributed by atoms with van der Waals surface area (Å²) in [5.41, 5.74) is 3.13. The molecule has 0 aliphatic carbocycles. The van der Waals surface area contributed by atoms with E-state index in [4.69, 9.17) is 5.11 Å². The number of rotatable bonds is 2. The zero-order valence-electron chi connectivity index (χ0n) is 8.63. The van der Waals surface area contributed by atoms with Crippen LogP contribution in [0.3, 0.4) is 0 Å². The van der Waals surface area contributed by atoms with E-state index in [1.54, 1.807) is 6.07 Å². The Hall–Kier alpha value is -0.540. The summed E-state index contributed by atoms with van der Waals surface area (Å²) in [6, 6.07) is 1.72. The first-order chi connectivity index (χ1) is 6.49. The first kappa shape index (κ1) is 11.5. The summed E-state index contributed by atoms with van der Waals surface area (Å²) in [5, 5.41) is 18.7. The lowest BCUT2D eigenvalue weighted by Gasteiger charge is -2.17. The van der Waals surface area contributed by atoms with Gasteiger partial charge in [-0.3, -0.25) is 0 Å². The molecule has 2 nitrogen and oxygen atoms in total. The van der Waals surface area contributed by atoms with Gasteiger partial charge in [-0.2, -0.15) is 0 Å². The summed E-state index contributed by atoms with van der Waals surface area (Å²) in [5.74, 6) is 0.362. The second-order valence-electron chi connectivity index (χ2n) is 3.65. The van der Waals surface area contributed by atoms with Crippen LogP contribution in [0.4, 0.5) is 0 Å². The number of aliphatic hydroxyl groups excluding tert-OH is 1. The molecule has 78 valence electrons. The topological polar surface area (TPSA) is 40.5 Å². The van der Waals surface area contributed by atoms with Crippen molar-refractivity contribution in [2.75, 3.05) is 6.61 Å². The molecule has 0 aliphatic rings. The van der Waals surface area contributed by atoms with E-state index in [0.717, 1.165) is 21.2 Å². The number of halogens is 1. The van der Waals surface area contributed by atoms with Gasteiger partial charge < -0.3 is 10.2 Å². The van der Waals surface area contributed by atoms with Crippen molar-refractivity contribution in [1.29, 1.82) is 0 Å². The third-order valence-electron chi connectivity index (χ3n) is 2.50. The molecular weight excluding hydrogens is 244 g/mol. The number of hydrogen-bond acceptors (Lipinski definition) is 2. The second-order valence-corrected chi connectivity index (χ2v) is 4.44. The summed E-state index contributed by atoms with van der Waals surface area (Å²) in [7, 11) is 0. The van der Waals surface area contributed by atoms with Crippen molar-refractivity contribution in [2.24, 2.45) is 0 Å². The fourth-order valence-electron chi connectivity index (χ4n) is 1.80. The van der Waals surface area contributed by atoms with Crippen LogP contribution in [-0.2, 0) is 0 Å². The van der Waals surface area contributed by atoms with E-state index < -0.39 is 0 Å². The van der Waals surface area contributed by atoms with Crippen molar-refractivity contribution in [2.45, 2.75) is 26.7 Å². The van der Waals surface area contributed by atoms with Crippen molar-refractivity contribution in [3.63, 3.8) is 0 Å². The van der Waals surface area contributed by atoms with Gasteiger partial charge in [0.2, 0.25) is 0 Å². The lowest BCUT2D eigenvalue weighted by atomic mass is 9.92. The molecule has 0 aromatic heterocycles. The SMILES string of the molecule is Cc1cc(O)c(Br)c(C)c1C(C)CO. The Morgan fingerprint density at radius 3 is 2.50 bits per heavy atom. The minimum absolute atomic E-state index is 0.104. The molecule has 1 unspecified atom stereocenters. The van der Waals surface area contributed by atoms with Gasteiger partial charge in [0.05, 0.1) is 4.47 Å². The van der Waals surface area contributed by atoms with E-state index >= 15 is 0 Å². The summed E-state index contributed by atoms with van der Waals surface area (Å²) in [6.07, 6.45) is 0. The van der Waals surface area contributed by atoms with Gasteiger partial charge in [-0.25, -0.2) is 0 Å². The molecule has 0 bridgehead atoms. The van der Waals surface area contributed by atoms with E-state index in [9.17, 15) is 5.11 Å². The normalized spacial score (nSPS) is 12.9. The second kappa shape index (κ2) is 4.32. The molecule has 1 atom stereocenters. The number of aromatic hydroxyl groups is 1. The summed E-state index contributed by atoms with van der Waals surface area (Å²) >= 11 is 3.33. The van der Waals surface area contributed by atoms with Crippen LogP contribution in [0.15, 0.2) is 10.5 Å². The molecule has 0 heterocycles. The molecule has 2 N–H and O–H groups in total. The average Bonchev–Trinajstić information content (AvgIpc) is 2.14. The van der Waals surface area contributed by atoms with E-state index in [-0.39, 0.29) is 18.3 Å². The summed E-state index contributed by atoms with van der Waals surface area (Å²) in [4.78, 5) is 0. The molecule has 1 rings (SSSR count). The first-order valence-corrected chi connectivity index (χ1v) is 5.37. The molecule has 3 heteroatoms. The Bertz CT molecular complexity index is 348. The van der Waals surface area contributed by atoms with Crippen molar-refractivity contribution in [3.8, 4) is 5.75 Å². The number of phenols is 1. The number of hydrogen-bond donors (Lipinski definition) is 2. The van der Waals surface area contributed by atoms with Crippen LogP contribution in [0.2, 0.25) is 0 Å². The van der Waals surface area contributed by atoms with Gasteiger partial charge >= 0.3 is 0 Å². The maximum absolute atomic E-state index is 9.55. The highest BCUT2D eigenvalue weighted by Gasteiger charge is 2.15. The molecule has 0 fully saturated rings. The predicted molar refractivity (Wildman–Crippen MR) is 60.8 cm³/mol. The zero-order chi connectivity index (χ0) is 10.9. The standard InChI is InChI=1S/C11H15BrO2/c1-6-4-9(14)11(12)8(3)10(6)7(2)5-13/h4,7,13-14H,5H2,1-3H3. The van der Waals surface area contributed by atoms with Crippen molar-refractivity contribution in [1.82, 2.24) is 0 Å². The molecule has 0 radical (unpaired) electrons. The molecule has 0 spiro atoms. The highest BCUT2D eigenvalue weighted by Crippen LogP contribution is 2.35. The monoisotopic (exact) mass is 258 g/mol. The minimum atomic E-state index is 0.104. The maximum atomic E-state index is 9.55. The van der Waals surface area contributed by atoms with E-state index in [1.165, 1.54) is 0 Å². The van der Waals surface area contributed by atoms with Crippen LogP contribution < -0.4 is 0 Å². The first-order valence-electron chi connectivity index (χ1n) is 4.58. The molecule has 0 amide bonds. The van der Waals surface area contributed by atoms with Crippen molar-refractivity contribution in [3.05, 3.63) is 27.2 Å². The van der Waals surface area contributed by atoms with Crippen LogP contribution in [0.5, 0.6) is 5.75 Å². The summed E-state index contributed by atoms with van der Waals surface area (Å²) < 4.78 is 0.721. The fourth-order valence-corrected chi connectivity index (χ4v) is 2.13. The van der Waals surface area contributed by atoms with Crippen LogP contribution in [0.1, 0.15) is 29.5 Å². The van der Waals surface area contributed by atoms with Gasteiger partial charge in [0.1, 0.15) is 5.75 Å². The van der Waals surface area contributed by atoms with Gasteiger partial charge in [0, 0.05) is 12.5 Å². The average molecular weight is 259 g/mol. The van der Waals surface area contributed by atoms with Gasteiger partial charge in [-0.05, 0) is 52.5 Å². The van der Waals surface area contributed by atoms with E-state index in [2.05, 4.69) is 15.9 Å².